The van der Waals surface area contributed by atoms with Crippen molar-refractivity contribution in [3.63, 3.8) is 0 Å². The minimum atomic E-state index is -2.57. The zero-order valence-corrected chi connectivity index (χ0v) is 30.7. The van der Waals surface area contributed by atoms with Gasteiger partial charge in [0.1, 0.15) is 0 Å². The van der Waals surface area contributed by atoms with Crippen LogP contribution in [0.5, 0.6) is 0 Å². The molecule has 0 radical (unpaired) electrons. The monoisotopic (exact) mass is 658 g/mol. The molecular formula is C36H45Cl3SiTi. The van der Waals surface area contributed by atoms with Crippen LogP contribution in [-0.4, -0.2) is 8.07 Å². The predicted molar refractivity (Wildman–Crippen MR) is 165 cm³/mol. The third kappa shape index (κ3) is 8.32. The standard InChI is InChI=1S/C36H45Si.3ClH.Ti/c1-8-27-17-28(9-2)21-34(20-27)37(33-15-14-26(7)16-33,35-22-29(10-3)18-30(11-4)23-35)36-24-31(12-5)19-32(13-6)25-36;;;;/h14,17-25H,8-13,15H2,1-7H3;3*1H;/q-1;;;;+4/p-3. The van der Waals surface area contributed by atoms with Crippen LogP contribution >= 0.6 is 0 Å². The summed E-state index contributed by atoms with van der Waals surface area (Å²) in [4.78, 5) is 0. The van der Waals surface area contributed by atoms with Crippen LogP contribution in [0.4, 0.5) is 0 Å². The van der Waals surface area contributed by atoms with Gasteiger partial charge in [-0.25, -0.2) is 11.6 Å². The SMILES string of the molecule is CCc1cc(CC)cc([Si](C2=[C-]C(C)=CC2)(c2cc(CC)cc(CC)c2)c2cc(CC)cc(CC)c2)c1.[Cl-].[Cl-].[Cl-].[Ti+4]. The summed E-state index contributed by atoms with van der Waals surface area (Å²) in [6.45, 7) is 16.0. The Hall–Kier alpha value is -1.06. The quantitative estimate of drug-likeness (QED) is 0.137. The minimum Gasteiger partial charge on any atom is -1.00 e. The molecule has 218 valence electrons. The average molecular weight is 660 g/mol. The number of rotatable bonds is 10. The van der Waals surface area contributed by atoms with Crippen molar-refractivity contribution in [2.45, 2.75) is 93.4 Å². The molecule has 0 bridgehead atoms. The van der Waals surface area contributed by atoms with E-state index in [0.717, 1.165) is 44.9 Å². The Kier molecular flexibility index (Phi) is 17.5. The van der Waals surface area contributed by atoms with Gasteiger partial charge in [0.05, 0.1) is 0 Å². The van der Waals surface area contributed by atoms with Gasteiger partial charge in [0.2, 0.25) is 0 Å². The van der Waals surface area contributed by atoms with Gasteiger partial charge in [-0.1, -0.05) is 109 Å². The van der Waals surface area contributed by atoms with Crippen LogP contribution in [0, 0.1) is 6.08 Å². The van der Waals surface area contributed by atoms with Crippen LogP contribution in [0.25, 0.3) is 0 Å². The van der Waals surface area contributed by atoms with Crippen molar-refractivity contribution in [3.8, 4) is 0 Å². The fourth-order valence-electron chi connectivity index (χ4n) is 6.03. The summed E-state index contributed by atoms with van der Waals surface area (Å²) in [5.41, 5.74) is 10.0. The first-order valence-electron chi connectivity index (χ1n) is 14.6. The Balaban J connectivity index is 0.00000400. The smallest absolute Gasteiger partial charge is 1.00 e. The summed E-state index contributed by atoms with van der Waals surface area (Å²) in [5, 5.41) is 6.14. The van der Waals surface area contributed by atoms with E-state index < -0.39 is 8.07 Å². The van der Waals surface area contributed by atoms with Gasteiger partial charge in [0.25, 0.3) is 0 Å². The van der Waals surface area contributed by atoms with Gasteiger partial charge in [-0.3, -0.25) is 6.08 Å². The van der Waals surface area contributed by atoms with Crippen molar-refractivity contribution >= 4 is 23.6 Å². The molecule has 0 unspecified atom stereocenters. The molecule has 0 aliphatic heterocycles. The van der Waals surface area contributed by atoms with E-state index in [0.29, 0.717) is 0 Å². The molecular weight excluding hydrogens is 615 g/mol. The van der Waals surface area contributed by atoms with Gasteiger partial charge >= 0.3 is 21.7 Å². The summed E-state index contributed by atoms with van der Waals surface area (Å²) in [6, 6.07) is 22.6. The second-order valence-electron chi connectivity index (χ2n) is 10.7. The summed E-state index contributed by atoms with van der Waals surface area (Å²) in [6.07, 6.45) is 13.8. The van der Waals surface area contributed by atoms with E-state index in [-0.39, 0.29) is 58.9 Å². The first kappa shape index (κ1) is 39.9. The van der Waals surface area contributed by atoms with Gasteiger partial charge in [0, 0.05) is 0 Å². The van der Waals surface area contributed by atoms with Crippen LogP contribution < -0.4 is 52.8 Å². The average Bonchev–Trinajstić information content (AvgIpc) is 3.38. The Morgan fingerprint density at radius 3 is 0.976 bits per heavy atom. The molecule has 0 amide bonds. The van der Waals surface area contributed by atoms with E-state index in [9.17, 15) is 0 Å². The van der Waals surface area contributed by atoms with Crippen molar-refractivity contribution < 1.29 is 58.9 Å². The molecule has 0 nitrogen and oxygen atoms in total. The predicted octanol–water partition coefficient (Wildman–Crippen LogP) is -1.84. The molecule has 5 heteroatoms. The van der Waals surface area contributed by atoms with Crippen LogP contribution in [0.1, 0.15) is 88.3 Å². The second kappa shape index (κ2) is 17.9. The number of aryl methyl sites for hydroxylation is 6. The van der Waals surface area contributed by atoms with Gasteiger partial charge in [-0.05, 0) is 87.5 Å². The molecule has 3 aromatic rings. The largest absolute Gasteiger partial charge is 4.00 e. The van der Waals surface area contributed by atoms with Crippen LogP contribution in [0.15, 0.2) is 71.4 Å². The fraction of sp³-hybridized carbons (Fsp3) is 0.389. The van der Waals surface area contributed by atoms with Crippen molar-refractivity contribution in [2.24, 2.45) is 0 Å². The first-order chi connectivity index (χ1) is 17.9. The number of halogens is 3. The van der Waals surface area contributed by atoms with E-state index in [1.807, 2.05) is 0 Å². The molecule has 0 fully saturated rings. The molecule has 0 saturated heterocycles. The number of benzene rings is 3. The van der Waals surface area contributed by atoms with Crippen molar-refractivity contribution in [3.05, 3.63) is 111 Å². The number of hydrogen-bond acceptors (Lipinski definition) is 0. The summed E-state index contributed by atoms with van der Waals surface area (Å²) >= 11 is 0. The molecule has 0 atom stereocenters. The van der Waals surface area contributed by atoms with E-state index >= 15 is 0 Å². The third-order valence-corrected chi connectivity index (χ3v) is 13.0. The van der Waals surface area contributed by atoms with Gasteiger partial charge in [0.15, 0.2) is 8.07 Å². The van der Waals surface area contributed by atoms with Crippen LogP contribution in [0.3, 0.4) is 0 Å². The maximum atomic E-state index is 3.95. The molecule has 41 heavy (non-hydrogen) atoms. The maximum absolute atomic E-state index is 3.95. The molecule has 0 spiro atoms. The van der Waals surface area contributed by atoms with Gasteiger partial charge in [-0.2, -0.15) is 5.20 Å². The van der Waals surface area contributed by atoms with Crippen LogP contribution in [0.2, 0.25) is 0 Å². The number of allylic oxidation sites excluding steroid dienone is 4. The molecule has 0 heterocycles. The number of hydrogen-bond donors (Lipinski definition) is 0. The third-order valence-electron chi connectivity index (χ3n) is 8.32. The molecule has 1 aliphatic rings. The minimum absolute atomic E-state index is 0. The topological polar surface area (TPSA) is 0 Å². The summed E-state index contributed by atoms with van der Waals surface area (Å²) < 4.78 is 0. The van der Waals surface area contributed by atoms with Crippen molar-refractivity contribution in [1.82, 2.24) is 0 Å². The fourth-order valence-corrected chi connectivity index (χ4v) is 11.3. The molecule has 3 aromatic carbocycles. The molecule has 4 rings (SSSR count). The second-order valence-corrected chi connectivity index (χ2v) is 14.5. The first-order valence-corrected chi connectivity index (χ1v) is 16.6. The molecule has 1 aliphatic carbocycles. The summed E-state index contributed by atoms with van der Waals surface area (Å²) in [7, 11) is -2.57. The van der Waals surface area contributed by atoms with Gasteiger partial charge in [-0.15, -0.1) is 0 Å². The Morgan fingerprint density at radius 1 is 0.512 bits per heavy atom. The molecule has 0 aromatic heterocycles. The maximum Gasteiger partial charge on any atom is 4.00 e. The van der Waals surface area contributed by atoms with E-state index in [1.165, 1.54) is 44.2 Å². The van der Waals surface area contributed by atoms with E-state index in [2.05, 4.69) is 115 Å². The summed E-state index contributed by atoms with van der Waals surface area (Å²) in [5.74, 6) is 0. The van der Waals surface area contributed by atoms with Crippen molar-refractivity contribution in [1.29, 1.82) is 0 Å². The zero-order chi connectivity index (χ0) is 26.6. The molecule has 0 saturated carbocycles. The van der Waals surface area contributed by atoms with Crippen LogP contribution in [-0.2, 0) is 60.2 Å². The van der Waals surface area contributed by atoms with E-state index in [1.54, 1.807) is 15.6 Å². The normalized spacial score (nSPS) is 12.3. The van der Waals surface area contributed by atoms with E-state index in [4.69, 9.17) is 0 Å². The Labute approximate surface area is 285 Å². The Bertz CT molecular complexity index is 1140. The zero-order valence-electron chi connectivity index (χ0n) is 25.9. The Morgan fingerprint density at radius 2 is 0.780 bits per heavy atom. The van der Waals surface area contributed by atoms with Gasteiger partial charge < -0.3 is 37.2 Å². The molecule has 0 N–H and O–H groups in total. The van der Waals surface area contributed by atoms with Crippen molar-refractivity contribution in [2.75, 3.05) is 0 Å².